The van der Waals surface area contributed by atoms with Gasteiger partial charge in [0, 0.05) is 0 Å². The minimum atomic E-state index is -0.629. The number of amides is 1. The second-order valence-electron chi connectivity index (χ2n) is 7.52. The van der Waals surface area contributed by atoms with E-state index in [1.165, 1.54) is 64.9 Å². The maximum absolute atomic E-state index is 12.1. The van der Waals surface area contributed by atoms with Crippen molar-refractivity contribution in [2.75, 3.05) is 13.7 Å². The van der Waals surface area contributed by atoms with Gasteiger partial charge in [-0.2, -0.15) is 0 Å². The first-order valence-electron chi connectivity index (χ1n) is 10.5. The van der Waals surface area contributed by atoms with E-state index in [0.717, 1.165) is 12.8 Å². The Labute approximate surface area is 160 Å². The molecule has 0 heterocycles. The normalized spacial score (nSPS) is 12.0. The van der Waals surface area contributed by atoms with Crippen molar-refractivity contribution in [3.05, 3.63) is 0 Å². The third-order valence-corrected chi connectivity index (χ3v) is 4.46. The molecule has 0 aromatic carbocycles. The molecule has 1 atom stereocenters. The van der Waals surface area contributed by atoms with Crippen molar-refractivity contribution >= 4 is 12.1 Å². The molecule has 0 aliphatic heterocycles. The van der Waals surface area contributed by atoms with E-state index < -0.39 is 12.1 Å². The predicted octanol–water partition coefficient (Wildman–Crippen LogP) is 5.61. The number of hydrogen-bond acceptors (Lipinski definition) is 4. The van der Waals surface area contributed by atoms with Crippen molar-refractivity contribution in [3.8, 4) is 0 Å². The number of esters is 1. The Balaban J connectivity index is 3.67. The van der Waals surface area contributed by atoms with Crippen LogP contribution in [0.3, 0.4) is 0 Å². The molecule has 0 aliphatic carbocycles. The van der Waals surface area contributed by atoms with Crippen LogP contribution in [0.15, 0.2) is 0 Å². The van der Waals surface area contributed by atoms with Crippen LogP contribution in [-0.2, 0) is 14.3 Å². The molecule has 154 valence electrons. The van der Waals surface area contributed by atoms with E-state index in [9.17, 15) is 9.59 Å². The average Bonchev–Trinajstić information content (AvgIpc) is 2.61. The van der Waals surface area contributed by atoms with Crippen LogP contribution in [0.4, 0.5) is 4.79 Å². The molecule has 0 saturated carbocycles. The molecule has 5 nitrogen and oxygen atoms in total. The summed E-state index contributed by atoms with van der Waals surface area (Å²) >= 11 is 0. The highest BCUT2D eigenvalue weighted by atomic mass is 16.5. The van der Waals surface area contributed by atoms with E-state index in [0.29, 0.717) is 13.0 Å². The summed E-state index contributed by atoms with van der Waals surface area (Å²) in [5.41, 5.74) is 0. The van der Waals surface area contributed by atoms with Crippen molar-refractivity contribution in [1.82, 2.24) is 5.32 Å². The first-order chi connectivity index (χ1) is 12.5. The van der Waals surface area contributed by atoms with Crippen LogP contribution in [0.2, 0.25) is 0 Å². The zero-order valence-corrected chi connectivity index (χ0v) is 17.5. The van der Waals surface area contributed by atoms with Gasteiger partial charge in [-0.3, -0.25) is 0 Å². The Kier molecular flexibility index (Phi) is 16.3. The second-order valence-corrected chi connectivity index (χ2v) is 7.52. The molecule has 0 saturated heterocycles. The Morgan fingerprint density at radius 3 is 1.81 bits per heavy atom. The highest BCUT2D eigenvalue weighted by Gasteiger charge is 2.23. The van der Waals surface area contributed by atoms with Gasteiger partial charge >= 0.3 is 12.1 Å². The van der Waals surface area contributed by atoms with Crippen molar-refractivity contribution in [3.63, 3.8) is 0 Å². The van der Waals surface area contributed by atoms with Gasteiger partial charge < -0.3 is 14.8 Å². The van der Waals surface area contributed by atoms with Gasteiger partial charge in [-0.1, -0.05) is 85.0 Å². The van der Waals surface area contributed by atoms with E-state index >= 15 is 0 Å². The average molecular weight is 372 g/mol. The van der Waals surface area contributed by atoms with Gasteiger partial charge in [0.2, 0.25) is 0 Å². The lowest BCUT2D eigenvalue weighted by atomic mass is 10.0. The maximum atomic E-state index is 12.1. The van der Waals surface area contributed by atoms with Gasteiger partial charge in [-0.05, 0) is 18.8 Å². The number of ether oxygens (including phenoxy) is 2. The number of rotatable bonds is 16. The Morgan fingerprint density at radius 1 is 0.846 bits per heavy atom. The standard InChI is InChI=1S/C21H41NO4/c1-5-6-7-8-9-10-11-12-13-14-15-16-26-20(23)19(17-18(2)3)22-21(24)25-4/h18-19H,5-17H2,1-4H3,(H,22,24)/t19-/m0/s1. The SMILES string of the molecule is CCCCCCCCCCCCCOC(=O)[C@H](CC(C)C)NC(=O)OC. The summed E-state index contributed by atoms with van der Waals surface area (Å²) in [6, 6.07) is -0.629. The molecular formula is C21H41NO4. The summed E-state index contributed by atoms with van der Waals surface area (Å²) in [6.45, 7) is 6.68. The fourth-order valence-corrected chi connectivity index (χ4v) is 2.93. The molecule has 0 aromatic heterocycles. The number of unbranched alkanes of at least 4 members (excludes halogenated alkanes) is 10. The van der Waals surface area contributed by atoms with Crippen molar-refractivity contribution in [2.45, 2.75) is 104 Å². The third-order valence-electron chi connectivity index (χ3n) is 4.46. The van der Waals surface area contributed by atoms with Crippen LogP contribution in [0.1, 0.15) is 97.8 Å². The first-order valence-corrected chi connectivity index (χ1v) is 10.5. The zero-order valence-electron chi connectivity index (χ0n) is 17.5. The van der Waals surface area contributed by atoms with Crippen LogP contribution < -0.4 is 5.32 Å². The quantitative estimate of drug-likeness (QED) is 0.283. The second kappa shape index (κ2) is 17.2. The lowest BCUT2D eigenvalue weighted by molar-refractivity contribution is -0.146. The maximum Gasteiger partial charge on any atom is 0.407 e. The number of methoxy groups -OCH3 is 1. The molecule has 0 unspecified atom stereocenters. The predicted molar refractivity (Wildman–Crippen MR) is 106 cm³/mol. The molecule has 0 bridgehead atoms. The van der Waals surface area contributed by atoms with Crippen LogP contribution in [0, 0.1) is 5.92 Å². The lowest BCUT2D eigenvalue weighted by Crippen LogP contribution is -2.42. The van der Waals surface area contributed by atoms with E-state index in [4.69, 9.17) is 4.74 Å². The molecule has 0 radical (unpaired) electrons. The van der Waals surface area contributed by atoms with Crippen LogP contribution >= 0.6 is 0 Å². The van der Waals surface area contributed by atoms with E-state index in [2.05, 4.69) is 17.0 Å². The largest absolute Gasteiger partial charge is 0.464 e. The zero-order chi connectivity index (χ0) is 19.6. The minimum Gasteiger partial charge on any atom is -0.464 e. The van der Waals surface area contributed by atoms with Crippen LogP contribution in [-0.4, -0.2) is 31.8 Å². The van der Waals surface area contributed by atoms with Gasteiger partial charge in [0.05, 0.1) is 13.7 Å². The number of nitrogens with one attached hydrogen (secondary N) is 1. The van der Waals surface area contributed by atoms with Gasteiger partial charge in [-0.15, -0.1) is 0 Å². The summed E-state index contributed by atoms with van der Waals surface area (Å²) in [4.78, 5) is 23.5. The van der Waals surface area contributed by atoms with Crippen molar-refractivity contribution in [2.24, 2.45) is 5.92 Å². The molecule has 0 aromatic rings. The van der Waals surface area contributed by atoms with Gasteiger partial charge in [0.15, 0.2) is 0 Å². The van der Waals surface area contributed by atoms with Gasteiger partial charge in [0.25, 0.3) is 0 Å². The summed E-state index contributed by atoms with van der Waals surface area (Å²) in [6.07, 6.45) is 13.8. The smallest absolute Gasteiger partial charge is 0.407 e. The number of hydrogen-bond donors (Lipinski definition) is 1. The Hall–Kier alpha value is -1.26. The summed E-state index contributed by atoms with van der Waals surface area (Å²) < 4.78 is 9.90. The highest BCUT2D eigenvalue weighted by molar-refractivity contribution is 5.81. The first kappa shape index (κ1) is 24.7. The van der Waals surface area contributed by atoms with Crippen molar-refractivity contribution in [1.29, 1.82) is 0 Å². The lowest BCUT2D eigenvalue weighted by Gasteiger charge is -2.18. The Bertz CT molecular complexity index is 358. The van der Waals surface area contributed by atoms with Gasteiger partial charge in [-0.25, -0.2) is 9.59 Å². The summed E-state index contributed by atoms with van der Waals surface area (Å²) in [5.74, 6) is -0.0807. The molecule has 5 heteroatoms. The molecule has 0 aliphatic rings. The van der Waals surface area contributed by atoms with E-state index in [1.54, 1.807) is 0 Å². The highest BCUT2D eigenvalue weighted by Crippen LogP contribution is 2.12. The molecule has 0 spiro atoms. The minimum absolute atomic E-state index is 0.284. The Morgan fingerprint density at radius 2 is 1.35 bits per heavy atom. The molecule has 0 rings (SSSR count). The number of carbonyl (C=O) groups excluding carboxylic acids is 2. The third kappa shape index (κ3) is 15.0. The summed E-state index contributed by atoms with van der Waals surface area (Å²) in [7, 11) is 1.29. The molecular weight excluding hydrogens is 330 g/mol. The van der Waals surface area contributed by atoms with Crippen LogP contribution in [0.25, 0.3) is 0 Å². The number of carbonyl (C=O) groups is 2. The fraction of sp³-hybridized carbons (Fsp3) is 0.905. The molecule has 1 amide bonds. The molecule has 1 N–H and O–H groups in total. The van der Waals surface area contributed by atoms with Gasteiger partial charge in [0.1, 0.15) is 6.04 Å². The fourth-order valence-electron chi connectivity index (χ4n) is 2.93. The summed E-state index contributed by atoms with van der Waals surface area (Å²) in [5, 5.41) is 2.56. The molecule has 26 heavy (non-hydrogen) atoms. The number of alkyl carbamates (subject to hydrolysis) is 1. The van der Waals surface area contributed by atoms with Crippen molar-refractivity contribution < 1.29 is 19.1 Å². The topological polar surface area (TPSA) is 64.6 Å². The van der Waals surface area contributed by atoms with E-state index in [-0.39, 0.29) is 11.9 Å². The van der Waals surface area contributed by atoms with Crippen LogP contribution in [0.5, 0.6) is 0 Å². The van der Waals surface area contributed by atoms with E-state index in [1.807, 2.05) is 13.8 Å². The molecule has 0 fully saturated rings. The monoisotopic (exact) mass is 371 g/mol.